The summed E-state index contributed by atoms with van der Waals surface area (Å²) in [5.41, 5.74) is 0.112. The number of carbonyl (C=O) groups excluding carboxylic acids is 1. The van der Waals surface area contributed by atoms with Gasteiger partial charge in [-0.2, -0.15) is 13.2 Å². The minimum Gasteiger partial charge on any atom is -0.484 e. The van der Waals surface area contributed by atoms with Gasteiger partial charge in [-0.15, -0.1) is 0 Å². The normalized spacial score (nSPS) is 11.4. The number of fused-ring (bicyclic) bond motifs is 1. The summed E-state index contributed by atoms with van der Waals surface area (Å²) in [6, 6.07) is 18.1. The van der Waals surface area contributed by atoms with Gasteiger partial charge in [0.2, 0.25) is 0 Å². The zero-order chi connectivity index (χ0) is 23.6. The molecule has 1 N–H and O–H groups in total. The molecule has 9 heteroatoms. The molecule has 4 aromatic rings. The molecular weight excluding hydrogens is 459 g/mol. The lowest BCUT2D eigenvalue weighted by Gasteiger charge is -2.12. The number of anilines is 1. The predicted octanol–water partition coefficient (Wildman–Crippen LogP) is 6.15. The highest BCUT2D eigenvalue weighted by Crippen LogP contribution is 2.34. The summed E-state index contributed by atoms with van der Waals surface area (Å²) < 4.78 is 49.4. The van der Waals surface area contributed by atoms with Gasteiger partial charge in [0.05, 0.1) is 16.3 Å². The maximum absolute atomic E-state index is 12.9. The van der Waals surface area contributed by atoms with Gasteiger partial charge in [0, 0.05) is 17.5 Å². The monoisotopic (exact) mass is 473 g/mol. The molecule has 33 heavy (non-hydrogen) atoms. The van der Waals surface area contributed by atoms with Crippen LogP contribution in [0.4, 0.5) is 18.9 Å². The number of benzene rings is 3. The van der Waals surface area contributed by atoms with Crippen molar-refractivity contribution in [2.75, 3.05) is 11.9 Å². The van der Waals surface area contributed by atoms with Crippen LogP contribution in [0.5, 0.6) is 5.75 Å². The van der Waals surface area contributed by atoms with Crippen LogP contribution in [0.25, 0.3) is 22.1 Å². The van der Waals surface area contributed by atoms with Crippen molar-refractivity contribution in [2.24, 2.45) is 0 Å². The van der Waals surface area contributed by atoms with Crippen LogP contribution in [-0.4, -0.2) is 12.5 Å². The van der Waals surface area contributed by atoms with Crippen molar-refractivity contribution in [1.29, 1.82) is 0 Å². The topological polar surface area (TPSA) is 68.5 Å². The SMILES string of the molecule is O=C(COc1ccc2c(-c3ccccc3)cc(=O)oc2c1)Nc1cc(C(F)(F)F)ccc1Cl. The molecule has 0 aliphatic carbocycles. The van der Waals surface area contributed by atoms with E-state index in [0.29, 0.717) is 10.9 Å². The van der Waals surface area contributed by atoms with E-state index in [1.54, 1.807) is 12.1 Å². The molecular formula is C24H15ClF3NO4. The van der Waals surface area contributed by atoms with Crippen LogP contribution in [0, 0.1) is 0 Å². The second-order valence-corrected chi connectivity index (χ2v) is 7.44. The summed E-state index contributed by atoms with van der Waals surface area (Å²) in [6.45, 7) is -0.499. The van der Waals surface area contributed by atoms with Gasteiger partial charge in [0.25, 0.3) is 5.91 Å². The van der Waals surface area contributed by atoms with Crippen molar-refractivity contribution in [1.82, 2.24) is 0 Å². The summed E-state index contributed by atoms with van der Waals surface area (Å²) >= 11 is 5.89. The maximum Gasteiger partial charge on any atom is 0.416 e. The quantitative estimate of drug-likeness (QED) is 0.353. The second-order valence-electron chi connectivity index (χ2n) is 7.03. The number of amides is 1. The van der Waals surface area contributed by atoms with Crippen LogP contribution in [0.15, 0.2) is 82.0 Å². The van der Waals surface area contributed by atoms with Crippen molar-refractivity contribution in [3.63, 3.8) is 0 Å². The standard InChI is InChI=1S/C24H15ClF3NO4/c25-19-9-6-15(24(26,27)28)10-20(19)29-22(30)13-32-16-7-8-17-18(14-4-2-1-3-5-14)12-23(31)33-21(17)11-16/h1-12H,13H2,(H,29,30). The van der Waals surface area contributed by atoms with Gasteiger partial charge in [0.15, 0.2) is 6.61 Å². The molecule has 0 bridgehead atoms. The summed E-state index contributed by atoms with van der Waals surface area (Å²) in [6.07, 6.45) is -4.58. The van der Waals surface area contributed by atoms with Crippen LogP contribution in [-0.2, 0) is 11.0 Å². The van der Waals surface area contributed by atoms with Crippen LogP contribution in [0.3, 0.4) is 0 Å². The zero-order valence-electron chi connectivity index (χ0n) is 16.8. The molecule has 3 aromatic carbocycles. The third-order valence-corrected chi connectivity index (χ3v) is 5.07. The number of ether oxygens (including phenoxy) is 1. The Hall–Kier alpha value is -3.78. The lowest BCUT2D eigenvalue weighted by atomic mass is 10.0. The first-order valence-corrected chi connectivity index (χ1v) is 10.0. The molecule has 1 amide bonds. The summed E-state index contributed by atoms with van der Waals surface area (Å²) in [5.74, 6) is -0.475. The van der Waals surface area contributed by atoms with Crippen LogP contribution >= 0.6 is 11.6 Å². The fourth-order valence-corrected chi connectivity index (χ4v) is 3.39. The van der Waals surface area contributed by atoms with E-state index < -0.39 is 29.9 Å². The largest absolute Gasteiger partial charge is 0.484 e. The Labute approximate surface area is 190 Å². The van der Waals surface area contributed by atoms with E-state index in [-0.39, 0.29) is 22.0 Å². The van der Waals surface area contributed by atoms with Crippen LogP contribution in [0.2, 0.25) is 5.02 Å². The van der Waals surface area contributed by atoms with E-state index in [0.717, 1.165) is 23.8 Å². The lowest BCUT2D eigenvalue weighted by Crippen LogP contribution is -2.20. The number of nitrogens with one attached hydrogen (secondary N) is 1. The summed E-state index contributed by atoms with van der Waals surface area (Å²) in [5, 5.41) is 2.93. The van der Waals surface area contributed by atoms with Gasteiger partial charge < -0.3 is 14.5 Å². The van der Waals surface area contributed by atoms with Crippen molar-refractivity contribution < 1.29 is 27.1 Å². The molecule has 0 radical (unpaired) electrons. The highest BCUT2D eigenvalue weighted by Gasteiger charge is 2.31. The number of halogens is 4. The van der Waals surface area contributed by atoms with E-state index in [9.17, 15) is 22.8 Å². The third-order valence-electron chi connectivity index (χ3n) is 4.74. The fourth-order valence-electron chi connectivity index (χ4n) is 3.22. The predicted molar refractivity (Wildman–Crippen MR) is 118 cm³/mol. The third kappa shape index (κ3) is 5.18. The first kappa shape index (κ1) is 22.4. The highest BCUT2D eigenvalue weighted by molar-refractivity contribution is 6.33. The molecule has 168 valence electrons. The minimum absolute atomic E-state index is 0.0442. The van der Waals surface area contributed by atoms with Crippen molar-refractivity contribution in [3.8, 4) is 16.9 Å². The Morgan fingerprint density at radius 1 is 1.00 bits per heavy atom. The van der Waals surface area contributed by atoms with Gasteiger partial charge in [-0.3, -0.25) is 4.79 Å². The Morgan fingerprint density at radius 2 is 1.76 bits per heavy atom. The molecule has 0 fully saturated rings. The van der Waals surface area contributed by atoms with E-state index in [4.69, 9.17) is 20.8 Å². The molecule has 0 spiro atoms. The van der Waals surface area contributed by atoms with Crippen molar-refractivity contribution in [3.05, 3.63) is 93.8 Å². The number of hydrogen-bond acceptors (Lipinski definition) is 4. The maximum atomic E-state index is 12.9. The van der Waals surface area contributed by atoms with E-state index in [1.807, 2.05) is 30.3 Å². The molecule has 0 aliphatic heterocycles. The molecule has 0 unspecified atom stereocenters. The second kappa shape index (κ2) is 8.99. The molecule has 4 rings (SSSR count). The number of carbonyl (C=O) groups is 1. The first-order chi connectivity index (χ1) is 15.7. The lowest BCUT2D eigenvalue weighted by molar-refractivity contribution is -0.137. The number of hydrogen-bond donors (Lipinski definition) is 1. The van der Waals surface area contributed by atoms with Gasteiger partial charge in [-0.1, -0.05) is 41.9 Å². The van der Waals surface area contributed by atoms with Gasteiger partial charge in [-0.05, 0) is 41.5 Å². The van der Waals surface area contributed by atoms with Gasteiger partial charge >= 0.3 is 11.8 Å². The first-order valence-electron chi connectivity index (χ1n) is 9.63. The smallest absolute Gasteiger partial charge is 0.416 e. The molecule has 0 aliphatic rings. The molecule has 1 heterocycles. The van der Waals surface area contributed by atoms with E-state index >= 15 is 0 Å². The number of rotatable bonds is 5. The average Bonchev–Trinajstić information content (AvgIpc) is 2.78. The molecule has 1 aromatic heterocycles. The molecule has 0 saturated carbocycles. The van der Waals surface area contributed by atoms with Crippen LogP contribution < -0.4 is 15.7 Å². The zero-order valence-corrected chi connectivity index (χ0v) is 17.5. The van der Waals surface area contributed by atoms with Crippen molar-refractivity contribution >= 4 is 34.2 Å². The molecule has 0 atom stereocenters. The van der Waals surface area contributed by atoms with Gasteiger partial charge in [-0.25, -0.2) is 4.79 Å². The molecule has 0 saturated heterocycles. The number of alkyl halides is 3. The van der Waals surface area contributed by atoms with E-state index in [2.05, 4.69) is 5.32 Å². The van der Waals surface area contributed by atoms with Crippen molar-refractivity contribution in [2.45, 2.75) is 6.18 Å². The molecule has 5 nitrogen and oxygen atoms in total. The Morgan fingerprint density at radius 3 is 2.48 bits per heavy atom. The fraction of sp³-hybridized carbons (Fsp3) is 0.0833. The highest BCUT2D eigenvalue weighted by atomic mass is 35.5. The Kier molecular flexibility index (Phi) is 6.11. The summed E-state index contributed by atoms with van der Waals surface area (Å²) in [7, 11) is 0. The Balaban J connectivity index is 1.51. The van der Waals surface area contributed by atoms with Gasteiger partial charge in [0.1, 0.15) is 11.3 Å². The van der Waals surface area contributed by atoms with Crippen LogP contribution in [0.1, 0.15) is 5.56 Å². The van der Waals surface area contributed by atoms with E-state index in [1.165, 1.54) is 12.1 Å². The summed E-state index contributed by atoms with van der Waals surface area (Å²) in [4.78, 5) is 24.2. The minimum atomic E-state index is -4.58. The Bertz CT molecular complexity index is 1380. The average molecular weight is 474 g/mol.